The highest BCUT2D eigenvalue weighted by atomic mass is 31.1. The summed E-state index contributed by atoms with van der Waals surface area (Å²) in [5, 5.41) is 4.21. The van der Waals surface area contributed by atoms with Gasteiger partial charge in [0, 0.05) is 5.92 Å². The van der Waals surface area contributed by atoms with Crippen LogP contribution >= 0.6 is 7.92 Å². The molecule has 0 N–H and O–H groups in total. The van der Waals surface area contributed by atoms with Gasteiger partial charge in [-0.2, -0.15) is 0 Å². The van der Waals surface area contributed by atoms with E-state index in [1.54, 1.807) is 0 Å². The molecular formula is C33H35P. The zero-order valence-electron chi connectivity index (χ0n) is 20.6. The first-order valence-electron chi connectivity index (χ1n) is 12.1. The topological polar surface area (TPSA) is 0 Å². The predicted octanol–water partition coefficient (Wildman–Crippen LogP) is 8.96. The van der Waals surface area contributed by atoms with Gasteiger partial charge in [-0.05, 0) is 53.9 Å². The van der Waals surface area contributed by atoms with E-state index in [1.807, 2.05) is 26.0 Å². The lowest BCUT2D eigenvalue weighted by molar-refractivity contribution is 0.783. The minimum atomic E-state index is -0.583. The van der Waals surface area contributed by atoms with Gasteiger partial charge in [0.15, 0.2) is 0 Å². The lowest BCUT2D eigenvalue weighted by Gasteiger charge is -2.25. The average molecular weight is 463 g/mol. The van der Waals surface area contributed by atoms with Gasteiger partial charge in [-0.25, -0.2) is 0 Å². The van der Waals surface area contributed by atoms with Gasteiger partial charge in [0.05, 0.1) is 0 Å². The second kappa shape index (κ2) is 13.5. The first-order chi connectivity index (χ1) is 16.8. The molecule has 172 valence electrons. The molecule has 1 aliphatic rings. The largest absolute Gasteiger partial charge is 0.0991 e. The molecule has 0 aliphatic heterocycles. The van der Waals surface area contributed by atoms with Crippen LogP contribution in [0.4, 0.5) is 0 Å². The minimum Gasteiger partial charge on any atom is -0.0991 e. The summed E-state index contributed by atoms with van der Waals surface area (Å²) < 4.78 is 0. The minimum absolute atomic E-state index is 0.424. The second-order valence-electron chi connectivity index (χ2n) is 7.80. The molecule has 0 heterocycles. The SMILES string of the molecule is C=C/C=C\C(=C/C)C1C=CC(P(c2ccccc2)c2ccc(-c3ccccc3)cc2)=CC1.CC. The molecule has 0 saturated heterocycles. The van der Waals surface area contributed by atoms with Crippen molar-refractivity contribution in [3.05, 3.63) is 145 Å². The Balaban J connectivity index is 0.00000158. The summed E-state index contributed by atoms with van der Waals surface area (Å²) in [7, 11) is -0.583. The molecule has 0 spiro atoms. The number of hydrogen-bond acceptors (Lipinski definition) is 0. The van der Waals surface area contributed by atoms with Gasteiger partial charge in [-0.1, -0.05) is 148 Å². The van der Waals surface area contributed by atoms with E-state index in [0.29, 0.717) is 5.92 Å². The molecule has 2 unspecified atom stereocenters. The third kappa shape index (κ3) is 6.43. The van der Waals surface area contributed by atoms with Crippen LogP contribution in [0.1, 0.15) is 27.2 Å². The molecule has 2 atom stereocenters. The molecule has 0 fully saturated rings. The van der Waals surface area contributed by atoms with Crippen molar-refractivity contribution in [2.45, 2.75) is 27.2 Å². The van der Waals surface area contributed by atoms with Crippen LogP contribution in [0.2, 0.25) is 0 Å². The molecule has 0 saturated carbocycles. The van der Waals surface area contributed by atoms with Crippen molar-refractivity contribution in [1.82, 2.24) is 0 Å². The fourth-order valence-electron chi connectivity index (χ4n) is 4.09. The van der Waals surface area contributed by atoms with Gasteiger partial charge < -0.3 is 0 Å². The summed E-state index contributed by atoms with van der Waals surface area (Å²) in [5.41, 5.74) is 3.86. The Morgan fingerprint density at radius 2 is 1.41 bits per heavy atom. The standard InChI is InChI=1S/C31H29P.C2H6/c1-3-5-12-25(4-2)27-17-21-30(22-18-27)32(29-15-10-7-11-16-29)31-23-19-28(20-24-31)26-13-8-6-9-14-26;1-2/h3-17,19-24,27H,1,18H2,2H3;1-2H3/b12-5-,25-4+;. The van der Waals surface area contributed by atoms with Gasteiger partial charge in [0.25, 0.3) is 0 Å². The highest BCUT2D eigenvalue weighted by molar-refractivity contribution is 7.77. The highest BCUT2D eigenvalue weighted by Crippen LogP contribution is 2.46. The fourth-order valence-corrected chi connectivity index (χ4v) is 6.43. The van der Waals surface area contributed by atoms with Gasteiger partial charge in [0.1, 0.15) is 0 Å². The Morgan fingerprint density at radius 3 is 1.97 bits per heavy atom. The average Bonchev–Trinajstić information content (AvgIpc) is 2.93. The van der Waals surface area contributed by atoms with E-state index in [0.717, 1.165) is 6.42 Å². The monoisotopic (exact) mass is 462 g/mol. The number of hydrogen-bond donors (Lipinski definition) is 0. The molecule has 1 heteroatoms. The van der Waals surface area contributed by atoms with Crippen molar-refractivity contribution < 1.29 is 0 Å². The number of allylic oxidation sites excluding steroid dienone is 9. The van der Waals surface area contributed by atoms with Crippen molar-refractivity contribution in [2.24, 2.45) is 5.92 Å². The zero-order valence-corrected chi connectivity index (χ0v) is 21.5. The maximum absolute atomic E-state index is 3.80. The van der Waals surface area contributed by atoms with E-state index in [2.05, 4.69) is 129 Å². The van der Waals surface area contributed by atoms with Crippen LogP contribution in [0, 0.1) is 5.92 Å². The summed E-state index contributed by atoms with van der Waals surface area (Å²) in [6, 6.07) is 30.7. The third-order valence-corrected chi connectivity index (χ3v) is 8.25. The zero-order chi connectivity index (χ0) is 24.2. The van der Waals surface area contributed by atoms with Crippen LogP contribution in [0.3, 0.4) is 0 Å². The van der Waals surface area contributed by atoms with E-state index in [-0.39, 0.29) is 0 Å². The van der Waals surface area contributed by atoms with Crippen molar-refractivity contribution in [3.63, 3.8) is 0 Å². The van der Waals surface area contributed by atoms with Gasteiger partial charge in [-0.3, -0.25) is 0 Å². The molecule has 34 heavy (non-hydrogen) atoms. The van der Waals surface area contributed by atoms with Crippen LogP contribution in [-0.2, 0) is 0 Å². The molecule has 3 aromatic rings. The second-order valence-corrected chi connectivity index (χ2v) is 10.0. The van der Waals surface area contributed by atoms with E-state index < -0.39 is 7.92 Å². The van der Waals surface area contributed by atoms with Crippen LogP contribution in [-0.4, -0.2) is 0 Å². The molecular weight excluding hydrogens is 427 g/mol. The van der Waals surface area contributed by atoms with Gasteiger partial charge >= 0.3 is 0 Å². The molecule has 4 rings (SSSR count). The van der Waals surface area contributed by atoms with Crippen molar-refractivity contribution >= 4 is 18.5 Å². The molecule has 1 aliphatic carbocycles. The summed E-state index contributed by atoms with van der Waals surface area (Å²) in [5.74, 6) is 0.424. The molecule has 3 aromatic carbocycles. The van der Waals surface area contributed by atoms with Crippen LogP contribution in [0.15, 0.2) is 145 Å². The Bertz CT molecular complexity index is 1150. The third-order valence-electron chi connectivity index (χ3n) is 5.77. The molecule has 0 nitrogen and oxygen atoms in total. The molecule has 0 bridgehead atoms. The van der Waals surface area contributed by atoms with Gasteiger partial charge in [-0.15, -0.1) is 0 Å². The highest BCUT2D eigenvalue weighted by Gasteiger charge is 2.21. The van der Waals surface area contributed by atoms with E-state index in [9.17, 15) is 0 Å². The fraction of sp³-hybridized carbons (Fsp3) is 0.152. The molecule has 0 radical (unpaired) electrons. The summed E-state index contributed by atoms with van der Waals surface area (Å²) in [6.07, 6.45) is 16.4. The summed E-state index contributed by atoms with van der Waals surface area (Å²) in [4.78, 5) is 0. The lowest BCUT2D eigenvalue weighted by atomic mass is 9.91. The summed E-state index contributed by atoms with van der Waals surface area (Å²) in [6.45, 7) is 9.91. The number of rotatable bonds is 7. The Kier molecular flexibility index (Phi) is 10.1. The predicted molar refractivity (Wildman–Crippen MR) is 154 cm³/mol. The Labute approximate surface area is 207 Å². The van der Waals surface area contributed by atoms with Crippen LogP contribution in [0.25, 0.3) is 11.1 Å². The maximum Gasteiger partial charge on any atom is 0.00529 e. The van der Waals surface area contributed by atoms with Crippen molar-refractivity contribution in [1.29, 1.82) is 0 Å². The maximum atomic E-state index is 3.80. The Morgan fingerprint density at radius 1 is 0.824 bits per heavy atom. The van der Waals surface area contributed by atoms with E-state index in [1.165, 1.54) is 32.6 Å². The van der Waals surface area contributed by atoms with Crippen LogP contribution in [0.5, 0.6) is 0 Å². The first-order valence-corrected chi connectivity index (χ1v) is 13.5. The van der Waals surface area contributed by atoms with Crippen molar-refractivity contribution in [2.75, 3.05) is 0 Å². The smallest absolute Gasteiger partial charge is 0.00529 e. The van der Waals surface area contributed by atoms with E-state index >= 15 is 0 Å². The quantitative estimate of drug-likeness (QED) is 0.243. The van der Waals surface area contributed by atoms with Gasteiger partial charge in [0.2, 0.25) is 0 Å². The number of benzene rings is 3. The summed E-state index contributed by atoms with van der Waals surface area (Å²) >= 11 is 0. The molecule has 0 aromatic heterocycles. The normalized spacial score (nSPS) is 16.4. The Hall–Kier alpha value is -3.21. The van der Waals surface area contributed by atoms with E-state index in [4.69, 9.17) is 0 Å². The first kappa shape index (κ1) is 25.4. The van der Waals surface area contributed by atoms with Crippen LogP contribution < -0.4 is 10.6 Å². The van der Waals surface area contributed by atoms with Crippen molar-refractivity contribution in [3.8, 4) is 11.1 Å². The lowest BCUT2D eigenvalue weighted by Crippen LogP contribution is -2.14. The molecule has 0 amide bonds.